The number of nitrogens with one attached hydrogen (secondary N) is 2. The number of pyridine rings is 1. The first kappa shape index (κ1) is 24.8. The number of hydrogen-bond donors (Lipinski definition) is 3. The number of ketones is 1. The van der Waals surface area contributed by atoms with Gasteiger partial charge in [-0.25, -0.2) is 19.7 Å². The minimum atomic E-state index is -0.990. The van der Waals surface area contributed by atoms with E-state index in [2.05, 4.69) is 47.5 Å². The van der Waals surface area contributed by atoms with E-state index in [1.165, 1.54) is 5.56 Å². The molecule has 10 heteroatoms. The molecule has 3 N–H and O–H groups in total. The van der Waals surface area contributed by atoms with Crippen molar-refractivity contribution in [2.45, 2.75) is 31.8 Å². The molecule has 1 unspecified atom stereocenters. The Bertz CT molecular complexity index is 1240. The van der Waals surface area contributed by atoms with Crippen LogP contribution in [0.1, 0.15) is 24.8 Å². The first-order chi connectivity index (χ1) is 18.0. The lowest BCUT2D eigenvalue weighted by atomic mass is 10.1. The number of aromatic nitrogens is 3. The maximum Gasteiger partial charge on any atom is 0.326 e. The fraction of sp³-hybridized carbons (Fsp3) is 0.370. The van der Waals surface area contributed by atoms with Gasteiger partial charge in [0.15, 0.2) is 0 Å². The van der Waals surface area contributed by atoms with E-state index in [1.54, 1.807) is 18.6 Å². The van der Waals surface area contributed by atoms with Crippen molar-refractivity contribution >= 4 is 29.2 Å². The second-order valence-electron chi connectivity index (χ2n) is 9.57. The summed E-state index contributed by atoms with van der Waals surface area (Å²) in [6.07, 6.45) is 6.21. The number of hydrogen-bond acceptors (Lipinski definition) is 9. The summed E-state index contributed by atoms with van der Waals surface area (Å²) >= 11 is 0. The number of carboxylic acid groups (broad SMARTS) is 1. The maximum atomic E-state index is 12.6. The van der Waals surface area contributed by atoms with Gasteiger partial charge in [-0.3, -0.25) is 14.6 Å². The number of Topliss-reactive ketones (excluding diaryl/α,β-unsaturated/α-hetero) is 1. The third-order valence-electron chi connectivity index (χ3n) is 6.77. The third kappa shape index (κ3) is 6.66. The molecule has 1 saturated heterocycles. The Morgan fingerprint density at radius 1 is 0.946 bits per heavy atom. The molecule has 5 aliphatic rings. The summed E-state index contributed by atoms with van der Waals surface area (Å²) in [5.74, 6) is 0.100. The van der Waals surface area contributed by atoms with Gasteiger partial charge in [0.1, 0.15) is 17.6 Å². The van der Waals surface area contributed by atoms with Gasteiger partial charge in [-0.15, -0.1) is 0 Å². The van der Waals surface area contributed by atoms with Crippen LogP contribution in [0.4, 0.5) is 17.5 Å². The van der Waals surface area contributed by atoms with E-state index in [9.17, 15) is 14.7 Å². The monoisotopic (exact) mass is 501 g/mol. The van der Waals surface area contributed by atoms with Crippen LogP contribution in [0.15, 0.2) is 55.0 Å². The molecule has 8 bridgehead atoms. The number of rotatable bonds is 1. The first-order valence-electron chi connectivity index (χ1n) is 12.6. The molecule has 7 heterocycles. The predicted molar refractivity (Wildman–Crippen MR) is 141 cm³/mol. The Balaban J connectivity index is 1.39. The number of aliphatic carboxylic acids is 1. The van der Waals surface area contributed by atoms with Gasteiger partial charge >= 0.3 is 5.97 Å². The van der Waals surface area contributed by atoms with Crippen LogP contribution in [0.2, 0.25) is 0 Å². The lowest BCUT2D eigenvalue weighted by molar-refractivity contribution is -0.138. The Morgan fingerprint density at radius 2 is 1.70 bits per heavy atom. The largest absolute Gasteiger partial charge is 0.480 e. The summed E-state index contributed by atoms with van der Waals surface area (Å²) in [5, 5.41) is 15.9. The Morgan fingerprint density at radius 3 is 2.46 bits per heavy atom. The lowest BCUT2D eigenvalue weighted by Crippen LogP contribution is -2.47. The highest BCUT2D eigenvalue weighted by atomic mass is 16.4. The van der Waals surface area contributed by atoms with E-state index in [0.717, 1.165) is 49.5 Å². The molecule has 0 amide bonds. The van der Waals surface area contributed by atoms with E-state index in [0.29, 0.717) is 31.6 Å². The molecule has 0 radical (unpaired) electrons. The van der Waals surface area contributed by atoms with E-state index in [4.69, 9.17) is 0 Å². The van der Waals surface area contributed by atoms with Gasteiger partial charge in [0.25, 0.3) is 0 Å². The third-order valence-corrected chi connectivity index (χ3v) is 6.77. The average molecular weight is 502 g/mol. The summed E-state index contributed by atoms with van der Waals surface area (Å²) in [5.41, 5.74) is 3.86. The number of carbonyl (C=O) groups is 2. The Hall–Kier alpha value is -3.89. The van der Waals surface area contributed by atoms with Crippen LogP contribution in [-0.4, -0.2) is 80.4 Å². The van der Waals surface area contributed by atoms with Crippen LogP contribution in [0, 0.1) is 0 Å². The minimum Gasteiger partial charge on any atom is -0.480 e. The van der Waals surface area contributed by atoms with E-state index in [-0.39, 0.29) is 11.7 Å². The highest BCUT2D eigenvalue weighted by Gasteiger charge is 2.21. The number of piperazine rings is 1. The fourth-order valence-corrected chi connectivity index (χ4v) is 4.73. The second-order valence-corrected chi connectivity index (χ2v) is 9.57. The van der Waals surface area contributed by atoms with Gasteiger partial charge in [-0.1, -0.05) is 12.1 Å². The highest BCUT2D eigenvalue weighted by Crippen LogP contribution is 2.24. The summed E-state index contributed by atoms with van der Waals surface area (Å²) < 4.78 is 0. The number of benzene rings is 1. The van der Waals surface area contributed by atoms with E-state index >= 15 is 0 Å². The molecular weight excluding hydrogens is 470 g/mol. The molecule has 0 saturated carbocycles. The number of carbonyl (C=O) groups excluding carboxylic acids is 1. The molecule has 8 rings (SSSR count). The topological polar surface area (TPSA) is 124 Å². The van der Waals surface area contributed by atoms with Crippen LogP contribution < -0.4 is 10.6 Å². The van der Waals surface area contributed by atoms with Crippen LogP contribution in [0.5, 0.6) is 0 Å². The SMILES string of the molecule is O=C1CCCC(C(=O)O)Nc2ncc(cn2)-c2ccnc(c2)Nc2cccc(c2)CN2CCN(CC2)C1. The van der Waals surface area contributed by atoms with Crippen molar-refractivity contribution in [1.29, 1.82) is 0 Å². The number of nitrogens with zero attached hydrogens (tertiary/aromatic N) is 5. The van der Waals surface area contributed by atoms with Gasteiger partial charge < -0.3 is 15.7 Å². The first-order valence-corrected chi connectivity index (χ1v) is 12.6. The quantitative estimate of drug-likeness (QED) is 0.458. The molecule has 192 valence electrons. The minimum absolute atomic E-state index is 0.144. The molecule has 1 atom stereocenters. The van der Waals surface area contributed by atoms with Crippen molar-refractivity contribution < 1.29 is 14.7 Å². The molecule has 2 aromatic heterocycles. The normalized spacial score (nSPS) is 22.6. The standard InChI is InChI=1S/C27H31N7O3/c35-23-5-2-6-24(26(36)37)32-27-29-15-21(16-30-27)20-7-8-28-25(14-20)31-22-4-1-3-19(13-22)17-33-9-11-34(18-23)12-10-33/h1,3-4,7-8,13-16,24H,2,5-6,9-12,17-18H2,(H,28,31)(H,36,37)(H,29,30,32). The van der Waals surface area contributed by atoms with Gasteiger partial charge in [0, 0.05) is 69.0 Å². The van der Waals surface area contributed by atoms with E-state index < -0.39 is 12.0 Å². The van der Waals surface area contributed by atoms with Crippen molar-refractivity contribution in [3.63, 3.8) is 0 Å². The van der Waals surface area contributed by atoms with Gasteiger partial charge in [0.2, 0.25) is 5.95 Å². The summed E-state index contributed by atoms with van der Waals surface area (Å²) in [6, 6.07) is 11.3. The van der Waals surface area contributed by atoms with Crippen molar-refractivity contribution in [2.24, 2.45) is 0 Å². The van der Waals surface area contributed by atoms with Gasteiger partial charge in [0.05, 0.1) is 6.54 Å². The van der Waals surface area contributed by atoms with Gasteiger partial charge in [-0.2, -0.15) is 0 Å². The molecular formula is C27H31N7O3. The molecule has 1 aromatic carbocycles. The molecule has 37 heavy (non-hydrogen) atoms. The summed E-state index contributed by atoms with van der Waals surface area (Å²) in [4.78, 5) is 42.0. The Labute approximate surface area is 215 Å². The highest BCUT2D eigenvalue weighted by molar-refractivity contribution is 5.81. The lowest BCUT2D eigenvalue weighted by Gasteiger charge is -2.34. The second kappa shape index (κ2) is 11.4. The molecule has 5 aliphatic heterocycles. The van der Waals surface area contributed by atoms with Crippen LogP contribution >= 0.6 is 0 Å². The van der Waals surface area contributed by atoms with Crippen molar-refractivity contribution in [3.8, 4) is 11.1 Å². The van der Waals surface area contributed by atoms with Crippen LogP contribution in [0.25, 0.3) is 11.1 Å². The van der Waals surface area contributed by atoms with Crippen molar-refractivity contribution in [3.05, 3.63) is 60.6 Å². The summed E-state index contributed by atoms with van der Waals surface area (Å²) in [7, 11) is 0. The zero-order valence-electron chi connectivity index (χ0n) is 20.6. The zero-order chi connectivity index (χ0) is 25.6. The predicted octanol–water partition coefficient (Wildman–Crippen LogP) is 3.02. The number of anilines is 3. The molecule has 3 aromatic rings. The van der Waals surface area contributed by atoms with Crippen LogP contribution in [-0.2, 0) is 16.1 Å². The smallest absolute Gasteiger partial charge is 0.326 e. The fourth-order valence-electron chi connectivity index (χ4n) is 4.73. The zero-order valence-corrected chi connectivity index (χ0v) is 20.6. The molecule has 10 nitrogen and oxygen atoms in total. The maximum absolute atomic E-state index is 12.6. The number of carboxylic acids is 1. The Kier molecular flexibility index (Phi) is 7.67. The van der Waals surface area contributed by atoms with Gasteiger partial charge in [-0.05, 0) is 48.2 Å². The van der Waals surface area contributed by atoms with Crippen molar-refractivity contribution in [1.82, 2.24) is 24.8 Å². The van der Waals surface area contributed by atoms with Crippen molar-refractivity contribution in [2.75, 3.05) is 43.4 Å². The average Bonchev–Trinajstić information content (AvgIpc) is 2.89. The van der Waals surface area contributed by atoms with E-state index in [1.807, 2.05) is 24.3 Å². The molecule has 1 fully saturated rings. The van der Waals surface area contributed by atoms with Crippen LogP contribution in [0.3, 0.4) is 0 Å². The summed E-state index contributed by atoms with van der Waals surface area (Å²) in [6.45, 7) is 4.74. The molecule has 0 aliphatic carbocycles. The molecule has 0 spiro atoms.